The minimum atomic E-state index is -0.845. The molecule has 0 saturated heterocycles. The second-order valence-corrected chi connectivity index (χ2v) is 5.91. The van der Waals surface area contributed by atoms with Crippen molar-refractivity contribution < 1.29 is 9.90 Å². The first-order valence-corrected chi connectivity index (χ1v) is 7.35. The zero-order valence-corrected chi connectivity index (χ0v) is 12.5. The molecule has 1 heterocycles. The van der Waals surface area contributed by atoms with E-state index in [0.29, 0.717) is 17.4 Å². The Kier molecular flexibility index (Phi) is 4.60. The van der Waals surface area contributed by atoms with Crippen molar-refractivity contribution in [2.45, 2.75) is 23.8 Å². The Hall–Kier alpha value is -1.34. The molecule has 2 rings (SSSR count). The third kappa shape index (κ3) is 3.57. The summed E-state index contributed by atoms with van der Waals surface area (Å²) in [6.45, 7) is 1.83. The van der Waals surface area contributed by atoms with Gasteiger partial charge in [0.1, 0.15) is 5.25 Å². The topological polar surface area (TPSA) is 78.9 Å². The summed E-state index contributed by atoms with van der Waals surface area (Å²) in [7, 11) is 0. The Morgan fingerprint density at radius 1 is 1.47 bits per heavy atom. The number of nitrogens with one attached hydrogen (secondary N) is 1. The van der Waals surface area contributed by atoms with Gasteiger partial charge in [0, 0.05) is 10.0 Å². The number of carboxylic acid groups (broad SMARTS) is 1. The molecule has 0 aliphatic carbocycles. The normalized spacial score (nSPS) is 12.3. The first-order chi connectivity index (χ1) is 9.10. The molecule has 0 spiro atoms. The van der Waals surface area contributed by atoms with E-state index in [-0.39, 0.29) is 0 Å². The fourth-order valence-electron chi connectivity index (χ4n) is 1.47. The van der Waals surface area contributed by atoms with Crippen LogP contribution >= 0.6 is 27.7 Å². The Morgan fingerprint density at radius 2 is 2.16 bits per heavy atom. The average Bonchev–Trinajstić information content (AvgIpc) is 2.85. The van der Waals surface area contributed by atoms with E-state index in [1.54, 1.807) is 0 Å². The number of carboxylic acids is 1. The molecule has 0 amide bonds. The highest BCUT2D eigenvalue weighted by Crippen LogP contribution is 2.25. The minimum absolute atomic E-state index is 0.451. The molecule has 0 radical (unpaired) electrons. The van der Waals surface area contributed by atoms with Crippen LogP contribution in [0, 0.1) is 0 Å². The van der Waals surface area contributed by atoms with Gasteiger partial charge in [-0.3, -0.25) is 9.89 Å². The molecule has 0 saturated carbocycles. The van der Waals surface area contributed by atoms with Gasteiger partial charge >= 0.3 is 5.97 Å². The predicted octanol–water partition coefficient (Wildman–Crippen LogP) is 3.19. The van der Waals surface area contributed by atoms with Gasteiger partial charge in [-0.15, -0.1) is 5.10 Å². The molecule has 2 aromatic rings. The molecule has 19 heavy (non-hydrogen) atoms. The van der Waals surface area contributed by atoms with E-state index in [4.69, 9.17) is 5.11 Å². The van der Waals surface area contributed by atoms with Gasteiger partial charge in [0.05, 0.1) is 0 Å². The largest absolute Gasteiger partial charge is 0.480 e. The summed E-state index contributed by atoms with van der Waals surface area (Å²) >= 11 is 4.52. The molecule has 5 nitrogen and oxygen atoms in total. The molecule has 1 atom stereocenters. The summed E-state index contributed by atoms with van der Waals surface area (Å²) in [6.07, 6.45) is 0.530. The van der Waals surface area contributed by atoms with E-state index in [1.165, 1.54) is 0 Å². The number of hydrogen-bond acceptors (Lipinski definition) is 4. The summed E-state index contributed by atoms with van der Waals surface area (Å²) < 4.78 is 0.988. The summed E-state index contributed by atoms with van der Waals surface area (Å²) in [5, 5.41) is 15.8. The van der Waals surface area contributed by atoms with Crippen LogP contribution in [0.3, 0.4) is 0 Å². The maximum Gasteiger partial charge on any atom is 0.317 e. The number of H-pyrrole nitrogens is 1. The van der Waals surface area contributed by atoms with Gasteiger partial charge < -0.3 is 5.11 Å². The number of rotatable bonds is 5. The van der Waals surface area contributed by atoms with Gasteiger partial charge in [-0.25, -0.2) is 4.98 Å². The van der Waals surface area contributed by atoms with Gasteiger partial charge in [-0.1, -0.05) is 46.7 Å². The van der Waals surface area contributed by atoms with Crippen molar-refractivity contribution in [3.8, 4) is 11.4 Å². The Bertz CT molecular complexity index is 571. The summed E-state index contributed by atoms with van der Waals surface area (Å²) in [5.74, 6) is -0.210. The lowest BCUT2D eigenvalue weighted by molar-refractivity contribution is -0.136. The molecule has 7 heteroatoms. The average molecular weight is 342 g/mol. The number of benzene rings is 1. The predicted molar refractivity (Wildman–Crippen MR) is 77.1 cm³/mol. The van der Waals surface area contributed by atoms with Gasteiger partial charge in [0.15, 0.2) is 5.82 Å². The number of aliphatic carboxylic acids is 1. The third-order valence-corrected chi connectivity index (χ3v) is 4.22. The minimum Gasteiger partial charge on any atom is -0.480 e. The van der Waals surface area contributed by atoms with Crippen LogP contribution in [0.4, 0.5) is 0 Å². The van der Waals surface area contributed by atoms with E-state index in [1.807, 2.05) is 31.2 Å². The molecule has 0 aliphatic heterocycles. The Balaban J connectivity index is 2.15. The quantitative estimate of drug-likeness (QED) is 0.816. The smallest absolute Gasteiger partial charge is 0.317 e. The number of hydrogen-bond donors (Lipinski definition) is 2. The Morgan fingerprint density at radius 3 is 2.74 bits per heavy atom. The molecule has 1 aromatic carbocycles. The van der Waals surface area contributed by atoms with E-state index >= 15 is 0 Å². The first-order valence-electron chi connectivity index (χ1n) is 5.68. The Labute approximate surface area is 123 Å². The molecule has 0 fully saturated rings. The third-order valence-electron chi connectivity index (χ3n) is 2.48. The maximum absolute atomic E-state index is 11.0. The van der Waals surface area contributed by atoms with E-state index in [9.17, 15) is 4.79 Å². The van der Waals surface area contributed by atoms with Gasteiger partial charge in [-0.05, 0) is 18.6 Å². The van der Waals surface area contributed by atoms with Crippen molar-refractivity contribution in [1.29, 1.82) is 0 Å². The SMILES string of the molecule is CCC(Sc1n[nH]c(-c2ccc(Br)cc2)n1)C(=O)O. The molecule has 2 N–H and O–H groups in total. The van der Waals surface area contributed by atoms with E-state index in [0.717, 1.165) is 21.8 Å². The second-order valence-electron chi connectivity index (χ2n) is 3.83. The van der Waals surface area contributed by atoms with Crippen LogP contribution in [0.2, 0.25) is 0 Å². The van der Waals surface area contributed by atoms with Gasteiger partial charge in [-0.2, -0.15) is 0 Å². The second kappa shape index (κ2) is 6.21. The molecular weight excluding hydrogens is 330 g/mol. The van der Waals surface area contributed by atoms with Crippen LogP contribution in [-0.4, -0.2) is 31.5 Å². The zero-order valence-electron chi connectivity index (χ0n) is 10.1. The van der Waals surface area contributed by atoms with Crippen molar-refractivity contribution in [3.63, 3.8) is 0 Å². The molecule has 100 valence electrons. The van der Waals surface area contributed by atoms with Crippen LogP contribution in [-0.2, 0) is 4.79 Å². The van der Waals surface area contributed by atoms with Crippen molar-refractivity contribution in [2.24, 2.45) is 0 Å². The maximum atomic E-state index is 11.0. The standard InChI is InChI=1S/C12H12BrN3O2S/c1-2-9(11(17)18)19-12-14-10(15-16-12)7-3-5-8(13)6-4-7/h3-6,9H,2H2,1H3,(H,17,18)(H,14,15,16). The summed E-state index contributed by atoms with van der Waals surface area (Å²) in [5.41, 5.74) is 0.908. The lowest BCUT2D eigenvalue weighted by atomic mass is 10.2. The fourth-order valence-corrected chi connectivity index (χ4v) is 2.50. The van der Waals surface area contributed by atoms with Crippen molar-refractivity contribution >= 4 is 33.7 Å². The molecule has 1 aromatic heterocycles. The summed E-state index contributed by atoms with van der Waals surface area (Å²) in [6, 6.07) is 7.65. The lowest BCUT2D eigenvalue weighted by Crippen LogP contribution is -2.14. The highest BCUT2D eigenvalue weighted by atomic mass is 79.9. The van der Waals surface area contributed by atoms with Crippen LogP contribution in [0.15, 0.2) is 33.9 Å². The molecule has 0 bridgehead atoms. The van der Waals surface area contributed by atoms with E-state index in [2.05, 4.69) is 31.1 Å². The number of halogens is 1. The number of aromatic amines is 1. The molecule has 1 unspecified atom stereocenters. The fraction of sp³-hybridized carbons (Fsp3) is 0.250. The van der Waals surface area contributed by atoms with Crippen molar-refractivity contribution in [2.75, 3.05) is 0 Å². The number of carbonyl (C=O) groups is 1. The first kappa shape index (κ1) is 14.1. The van der Waals surface area contributed by atoms with Gasteiger partial charge in [0.25, 0.3) is 0 Å². The number of nitrogens with zero attached hydrogens (tertiary/aromatic N) is 2. The molecule has 0 aliphatic rings. The lowest BCUT2D eigenvalue weighted by Gasteiger charge is -2.04. The molecular formula is C12H12BrN3O2S. The van der Waals surface area contributed by atoms with E-state index < -0.39 is 11.2 Å². The van der Waals surface area contributed by atoms with Crippen molar-refractivity contribution in [1.82, 2.24) is 15.2 Å². The number of aromatic nitrogens is 3. The van der Waals surface area contributed by atoms with Crippen molar-refractivity contribution in [3.05, 3.63) is 28.7 Å². The zero-order chi connectivity index (χ0) is 13.8. The van der Waals surface area contributed by atoms with Gasteiger partial charge in [0.2, 0.25) is 5.16 Å². The highest BCUT2D eigenvalue weighted by Gasteiger charge is 2.19. The monoisotopic (exact) mass is 341 g/mol. The summed E-state index contributed by atoms with van der Waals surface area (Å²) in [4.78, 5) is 15.3. The van der Waals surface area contributed by atoms with Crippen LogP contribution in [0.5, 0.6) is 0 Å². The van der Waals surface area contributed by atoms with Crippen LogP contribution in [0.25, 0.3) is 11.4 Å². The highest BCUT2D eigenvalue weighted by molar-refractivity contribution is 9.10. The van der Waals surface area contributed by atoms with Crippen LogP contribution < -0.4 is 0 Å². The van der Waals surface area contributed by atoms with Crippen LogP contribution in [0.1, 0.15) is 13.3 Å². The number of thioether (sulfide) groups is 1.